The zero-order chi connectivity index (χ0) is 13.8. The quantitative estimate of drug-likeness (QED) is 0.795. The molecular weight excluding hydrogens is 361 g/mol. The minimum absolute atomic E-state index is 0. The van der Waals surface area contributed by atoms with Crippen molar-refractivity contribution in [3.8, 4) is 5.75 Å². The first-order chi connectivity index (χ1) is 9.86. The number of ether oxygens (including phenoxy) is 2. The smallest absolute Gasteiger partial charge is 0.171 e. The van der Waals surface area contributed by atoms with Crippen LogP contribution in [0.1, 0.15) is 13.3 Å². The Labute approximate surface area is 156 Å². The maximum absolute atomic E-state index is 5.97. The van der Waals surface area contributed by atoms with Gasteiger partial charge in [-0.3, -0.25) is 4.90 Å². The van der Waals surface area contributed by atoms with Gasteiger partial charge in [-0.25, -0.2) is 4.98 Å². The molecule has 1 aromatic rings. The highest BCUT2D eigenvalue weighted by molar-refractivity contribution is 5.86. The van der Waals surface area contributed by atoms with Crippen LogP contribution < -0.4 is 9.64 Å². The van der Waals surface area contributed by atoms with Gasteiger partial charge in [0.25, 0.3) is 0 Å². The number of hydrogen-bond donors (Lipinski definition) is 0. The molecule has 134 valence electrons. The van der Waals surface area contributed by atoms with Crippen molar-refractivity contribution in [1.29, 1.82) is 0 Å². The van der Waals surface area contributed by atoms with Gasteiger partial charge in [0.15, 0.2) is 11.6 Å². The fraction of sp³-hybridized carbons (Fsp3) is 0.667. The number of halogens is 3. The molecule has 1 aromatic heterocycles. The van der Waals surface area contributed by atoms with E-state index in [9.17, 15) is 0 Å². The van der Waals surface area contributed by atoms with Crippen molar-refractivity contribution in [2.75, 3.05) is 50.8 Å². The zero-order valence-electron chi connectivity index (χ0n) is 13.3. The van der Waals surface area contributed by atoms with E-state index in [2.05, 4.69) is 21.7 Å². The minimum atomic E-state index is 0. The Morgan fingerprint density at radius 3 is 2.61 bits per heavy atom. The van der Waals surface area contributed by atoms with Gasteiger partial charge in [-0.2, -0.15) is 0 Å². The topological polar surface area (TPSA) is 37.8 Å². The SMILES string of the molecule is CCC1CN(CCN2CCOCC2)c2ncccc2O1.Cl.Cl.Cl. The van der Waals surface area contributed by atoms with Crippen LogP contribution in [0, 0.1) is 0 Å². The van der Waals surface area contributed by atoms with Gasteiger partial charge in [0.1, 0.15) is 6.10 Å². The second-order valence-corrected chi connectivity index (χ2v) is 5.37. The monoisotopic (exact) mass is 385 g/mol. The molecule has 23 heavy (non-hydrogen) atoms. The molecule has 0 bridgehead atoms. The van der Waals surface area contributed by atoms with E-state index in [4.69, 9.17) is 9.47 Å². The van der Waals surface area contributed by atoms with Crippen LogP contribution in [0.2, 0.25) is 0 Å². The van der Waals surface area contributed by atoms with Crippen LogP contribution in [-0.4, -0.2) is 61.9 Å². The van der Waals surface area contributed by atoms with Crippen molar-refractivity contribution in [2.45, 2.75) is 19.4 Å². The van der Waals surface area contributed by atoms with Gasteiger partial charge in [-0.1, -0.05) is 6.92 Å². The lowest BCUT2D eigenvalue weighted by Gasteiger charge is -2.36. The number of fused-ring (bicyclic) bond motifs is 1. The van der Waals surface area contributed by atoms with Gasteiger partial charge in [0, 0.05) is 32.4 Å². The van der Waals surface area contributed by atoms with E-state index < -0.39 is 0 Å². The summed E-state index contributed by atoms with van der Waals surface area (Å²) in [7, 11) is 0. The summed E-state index contributed by atoms with van der Waals surface area (Å²) in [5.74, 6) is 1.91. The maximum Gasteiger partial charge on any atom is 0.171 e. The molecule has 2 aliphatic rings. The molecule has 3 rings (SSSR count). The molecule has 0 spiro atoms. The van der Waals surface area contributed by atoms with Gasteiger partial charge >= 0.3 is 0 Å². The largest absolute Gasteiger partial charge is 0.485 e. The summed E-state index contributed by atoms with van der Waals surface area (Å²) in [4.78, 5) is 9.32. The van der Waals surface area contributed by atoms with E-state index in [1.54, 1.807) is 0 Å². The van der Waals surface area contributed by atoms with E-state index in [1.807, 2.05) is 18.3 Å². The fourth-order valence-corrected chi connectivity index (χ4v) is 2.76. The second-order valence-electron chi connectivity index (χ2n) is 5.37. The molecule has 0 aliphatic carbocycles. The normalized spacial score (nSPS) is 20.2. The van der Waals surface area contributed by atoms with E-state index in [0.717, 1.165) is 63.9 Å². The van der Waals surface area contributed by atoms with Crippen LogP contribution in [0.4, 0.5) is 5.82 Å². The van der Waals surface area contributed by atoms with Crippen molar-refractivity contribution in [2.24, 2.45) is 0 Å². The number of rotatable bonds is 4. The molecule has 0 N–H and O–H groups in total. The highest BCUT2D eigenvalue weighted by Crippen LogP contribution is 2.31. The molecule has 2 aliphatic heterocycles. The predicted octanol–water partition coefficient (Wildman–Crippen LogP) is 2.66. The first-order valence-electron chi connectivity index (χ1n) is 7.53. The lowest BCUT2D eigenvalue weighted by molar-refractivity contribution is 0.0387. The summed E-state index contributed by atoms with van der Waals surface area (Å²) < 4.78 is 11.4. The number of anilines is 1. The predicted molar refractivity (Wildman–Crippen MR) is 100 cm³/mol. The second kappa shape index (κ2) is 11.2. The van der Waals surface area contributed by atoms with Crippen molar-refractivity contribution in [1.82, 2.24) is 9.88 Å². The third-order valence-electron chi connectivity index (χ3n) is 4.01. The Bertz CT molecular complexity index is 448. The molecule has 5 nitrogen and oxygen atoms in total. The van der Waals surface area contributed by atoms with Crippen LogP contribution in [0.5, 0.6) is 5.75 Å². The summed E-state index contributed by atoms with van der Waals surface area (Å²) in [6.45, 7) is 8.97. The van der Waals surface area contributed by atoms with Gasteiger partial charge in [-0.05, 0) is 18.6 Å². The fourth-order valence-electron chi connectivity index (χ4n) is 2.76. The summed E-state index contributed by atoms with van der Waals surface area (Å²) in [5.41, 5.74) is 0. The summed E-state index contributed by atoms with van der Waals surface area (Å²) in [6.07, 6.45) is 3.15. The maximum atomic E-state index is 5.97. The van der Waals surface area contributed by atoms with Crippen LogP contribution >= 0.6 is 37.2 Å². The van der Waals surface area contributed by atoms with Crippen LogP contribution in [0.25, 0.3) is 0 Å². The standard InChI is InChI=1S/C15H23N3O2.3ClH/c1-2-13-12-18(7-6-17-8-10-19-11-9-17)15-14(20-13)4-3-5-16-15;;;/h3-5,13H,2,6-12H2,1H3;3*1H. The highest BCUT2D eigenvalue weighted by Gasteiger charge is 2.25. The molecule has 1 saturated heterocycles. The molecule has 0 radical (unpaired) electrons. The molecule has 1 atom stereocenters. The Morgan fingerprint density at radius 2 is 1.91 bits per heavy atom. The van der Waals surface area contributed by atoms with E-state index in [-0.39, 0.29) is 43.3 Å². The average Bonchev–Trinajstić information content (AvgIpc) is 2.53. The van der Waals surface area contributed by atoms with Crippen molar-refractivity contribution in [3.63, 3.8) is 0 Å². The van der Waals surface area contributed by atoms with Crippen LogP contribution in [-0.2, 0) is 4.74 Å². The van der Waals surface area contributed by atoms with E-state index in [0.29, 0.717) is 0 Å². The summed E-state index contributed by atoms with van der Waals surface area (Å²) in [6, 6.07) is 3.96. The van der Waals surface area contributed by atoms with Gasteiger partial charge in [0.05, 0.1) is 19.8 Å². The molecular formula is C15H26Cl3N3O2. The van der Waals surface area contributed by atoms with Crippen molar-refractivity contribution in [3.05, 3.63) is 18.3 Å². The lowest BCUT2D eigenvalue weighted by atomic mass is 10.2. The summed E-state index contributed by atoms with van der Waals surface area (Å²) in [5, 5.41) is 0. The highest BCUT2D eigenvalue weighted by atomic mass is 35.5. The average molecular weight is 387 g/mol. The molecule has 1 unspecified atom stereocenters. The number of morpholine rings is 1. The Kier molecular flexibility index (Phi) is 10.9. The van der Waals surface area contributed by atoms with Crippen molar-refractivity contribution >= 4 is 43.0 Å². The number of hydrogen-bond acceptors (Lipinski definition) is 5. The molecule has 0 aromatic carbocycles. The molecule has 0 amide bonds. The number of nitrogens with zero attached hydrogens (tertiary/aromatic N) is 3. The third-order valence-corrected chi connectivity index (χ3v) is 4.01. The van der Waals surface area contributed by atoms with E-state index in [1.165, 1.54) is 0 Å². The lowest BCUT2D eigenvalue weighted by Crippen LogP contribution is -2.46. The molecule has 1 fully saturated rings. The van der Waals surface area contributed by atoms with Gasteiger partial charge < -0.3 is 14.4 Å². The van der Waals surface area contributed by atoms with Crippen LogP contribution in [0.3, 0.4) is 0 Å². The summed E-state index contributed by atoms with van der Waals surface area (Å²) >= 11 is 0. The number of aromatic nitrogens is 1. The number of pyridine rings is 1. The van der Waals surface area contributed by atoms with Crippen LogP contribution in [0.15, 0.2) is 18.3 Å². The molecule has 0 saturated carbocycles. The Hall–Kier alpha value is -0.460. The van der Waals surface area contributed by atoms with Gasteiger partial charge in [-0.15, -0.1) is 37.2 Å². The first-order valence-corrected chi connectivity index (χ1v) is 7.53. The molecule has 3 heterocycles. The minimum Gasteiger partial charge on any atom is -0.485 e. The Morgan fingerprint density at radius 1 is 1.17 bits per heavy atom. The van der Waals surface area contributed by atoms with Gasteiger partial charge in [0.2, 0.25) is 0 Å². The van der Waals surface area contributed by atoms with E-state index >= 15 is 0 Å². The third kappa shape index (κ3) is 5.84. The Balaban J connectivity index is 0.00000161. The van der Waals surface area contributed by atoms with Crippen molar-refractivity contribution < 1.29 is 9.47 Å². The zero-order valence-corrected chi connectivity index (χ0v) is 15.8. The first kappa shape index (κ1) is 22.5. The molecule has 8 heteroatoms.